The normalized spacial score (nSPS) is 12.9. The number of benzene rings is 3. The summed E-state index contributed by atoms with van der Waals surface area (Å²) in [6, 6.07) is 20.1. The quantitative estimate of drug-likeness (QED) is 0.277. The molecular formula is C21H14ClF3O4S. The number of carbonyl (C=O) groups excluding carboxylic acids is 1. The molecule has 0 saturated heterocycles. The molecule has 0 radical (unpaired) electrons. The zero-order chi connectivity index (χ0) is 21.9. The maximum absolute atomic E-state index is 13.2. The number of carbonyl (C=O) groups is 1. The molecular weight excluding hydrogens is 441 g/mol. The van der Waals surface area contributed by atoms with Gasteiger partial charge in [-0.15, -0.1) is 0 Å². The Morgan fingerprint density at radius 2 is 1.47 bits per heavy atom. The zero-order valence-electron chi connectivity index (χ0n) is 15.1. The van der Waals surface area contributed by atoms with Crippen molar-refractivity contribution >= 4 is 27.5 Å². The monoisotopic (exact) mass is 454 g/mol. The third-order valence-electron chi connectivity index (χ3n) is 4.21. The van der Waals surface area contributed by atoms with E-state index in [1.807, 2.05) is 0 Å². The first kappa shape index (κ1) is 21.9. The predicted molar refractivity (Wildman–Crippen MR) is 106 cm³/mol. The number of ketones is 1. The minimum atomic E-state index is -5.79. The molecule has 9 heteroatoms. The largest absolute Gasteiger partial charge is 0.534 e. The van der Waals surface area contributed by atoms with E-state index >= 15 is 0 Å². The first-order chi connectivity index (χ1) is 14.1. The van der Waals surface area contributed by atoms with Gasteiger partial charge in [0.1, 0.15) is 5.75 Å². The molecule has 3 rings (SSSR count). The highest BCUT2D eigenvalue weighted by Gasteiger charge is 2.48. The van der Waals surface area contributed by atoms with Crippen LogP contribution in [0.5, 0.6) is 5.75 Å². The molecule has 0 N–H and O–H groups in total. The fraction of sp³-hybridized carbons (Fsp3) is 0.0952. The van der Waals surface area contributed by atoms with Gasteiger partial charge in [-0.1, -0.05) is 54.1 Å². The second-order valence-electron chi connectivity index (χ2n) is 6.27. The smallest absolute Gasteiger partial charge is 0.376 e. The lowest BCUT2D eigenvalue weighted by atomic mass is 9.85. The number of hydrogen-bond donors (Lipinski definition) is 0. The molecule has 156 valence electrons. The average Bonchev–Trinajstić information content (AvgIpc) is 2.68. The Morgan fingerprint density at radius 1 is 0.867 bits per heavy atom. The first-order valence-corrected chi connectivity index (χ1v) is 10.3. The fourth-order valence-electron chi connectivity index (χ4n) is 2.84. The van der Waals surface area contributed by atoms with E-state index in [0.717, 1.165) is 12.1 Å². The summed E-state index contributed by atoms with van der Waals surface area (Å²) in [5.41, 5.74) is -4.05. The third kappa shape index (κ3) is 4.83. The van der Waals surface area contributed by atoms with Crippen LogP contribution in [0.4, 0.5) is 13.2 Å². The molecule has 0 amide bonds. The van der Waals surface area contributed by atoms with Crippen LogP contribution in [-0.2, 0) is 10.1 Å². The highest BCUT2D eigenvalue weighted by atomic mass is 35.5. The zero-order valence-corrected chi connectivity index (χ0v) is 16.7. The van der Waals surface area contributed by atoms with Crippen molar-refractivity contribution in [3.05, 3.63) is 101 Å². The van der Waals surface area contributed by atoms with Gasteiger partial charge < -0.3 is 4.18 Å². The van der Waals surface area contributed by atoms with E-state index in [2.05, 4.69) is 4.18 Å². The first-order valence-electron chi connectivity index (χ1n) is 8.54. The summed E-state index contributed by atoms with van der Waals surface area (Å²) in [6.45, 7) is 0. The predicted octanol–water partition coefficient (Wildman–Crippen LogP) is 5.58. The Morgan fingerprint density at radius 3 is 2.03 bits per heavy atom. The highest BCUT2D eigenvalue weighted by molar-refractivity contribution is 7.88. The van der Waals surface area contributed by atoms with Gasteiger partial charge in [0, 0.05) is 10.6 Å². The van der Waals surface area contributed by atoms with Crippen LogP contribution in [-0.4, -0.2) is 19.7 Å². The second-order valence-corrected chi connectivity index (χ2v) is 8.24. The Bertz CT molecular complexity index is 1140. The minimum absolute atomic E-state index is 0.167. The molecule has 30 heavy (non-hydrogen) atoms. The van der Waals surface area contributed by atoms with Gasteiger partial charge in [-0.2, -0.15) is 21.6 Å². The molecule has 4 nitrogen and oxygen atoms in total. The lowest BCUT2D eigenvalue weighted by Gasteiger charge is -2.18. The van der Waals surface area contributed by atoms with Crippen molar-refractivity contribution in [2.75, 3.05) is 0 Å². The molecule has 0 aliphatic carbocycles. The maximum Gasteiger partial charge on any atom is 0.534 e. The van der Waals surface area contributed by atoms with E-state index in [-0.39, 0.29) is 11.3 Å². The molecule has 0 aliphatic heterocycles. The van der Waals surface area contributed by atoms with Crippen LogP contribution in [0.15, 0.2) is 78.9 Å². The number of halogens is 4. The van der Waals surface area contributed by atoms with Crippen molar-refractivity contribution in [3.8, 4) is 5.75 Å². The van der Waals surface area contributed by atoms with Gasteiger partial charge in [0.25, 0.3) is 0 Å². The van der Waals surface area contributed by atoms with E-state index in [1.165, 1.54) is 12.1 Å². The van der Waals surface area contributed by atoms with E-state index in [1.54, 1.807) is 54.6 Å². The number of alkyl halides is 3. The minimum Gasteiger partial charge on any atom is -0.376 e. The molecule has 3 aromatic carbocycles. The summed E-state index contributed by atoms with van der Waals surface area (Å²) < 4.78 is 63.7. The highest BCUT2D eigenvalue weighted by Crippen LogP contribution is 2.31. The van der Waals surface area contributed by atoms with Crippen molar-refractivity contribution in [1.82, 2.24) is 0 Å². The Labute approximate surface area is 176 Å². The molecule has 3 aromatic rings. The molecule has 0 spiro atoms. The Balaban J connectivity index is 1.94. The van der Waals surface area contributed by atoms with Crippen molar-refractivity contribution in [1.29, 1.82) is 0 Å². The van der Waals surface area contributed by atoms with Gasteiger partial charge in [-0.25, -0.2) is 0 Å². The van der Waals surface area contributed by atoms with Gasteiger partial charge in [-0.3, -0.25) is 4.79 Å². The van der Waals surface area contributed by atoms with Crippen molar-refractivity contribution in [2.45, 2.75) is 11.4 Å². The van der Waals surface area contributed by atoms with Crippen LogP contribution in [0.1, 0.15) is 27.4 Å². The fourth-order valence-corrected chi connectivity index (χ4v) is 3.50. The summed E-state index contributed by atoms with van der Waals surface area (Å²) in [5, 5.41) is 0.447. The number of hydrogen-bond acceptors (Lipinski definition) is 4. The van der Waals surface area contributed by atoms with Gasteiger partial charge in [0.05, 0.1) is 5.92 Å². The molecule has 1 atom stereocenters. The van der Waals surface area contributed by atoms with Crippen LogP contribution < -0.4 is 4.18 Å². The summed E-state index contributed by atoms with van der Waals surface area (Å²) in [4.78, 5) is 13.2. The second kappa shape index (κ2) is 8.49. The van der Waals surface area contributed by atoms with Crippen LogP contribution in [0.2, 0.25) is 5.02 Å². The summed E-state index contributed by atoms with van der Waals surface area (Å²) in [7, 11) is -5.79. The van der Waals surface area contributed by atoms with Crippen molar-refractivity contribution in [3.63, 3.8) is 0 Å². The van der Waals surface area contributed by atoms with E-state index < -0.39 is 27.3 Å². The summed E-state index contributed by atoms with van der Waals surface area (Å²) >= 11 is 6.07. The van der Waals surface area contributed by atoms with Gasteiger partial charge in [0.2, 0.25) is 0 Å². The van der Waals surface area contributed by atoms with Gasteiger partial charge in [0.15, 0.2) is 5.78 Å². The topological polar surface area (TPSA) is 60.4 Å². The molecule has 0 bridgehead atoms. The van der Waals surface area contributed by atoms with Crippen LogP contribution in [0, 0.1) is 0 Å². The Kier molecular flexibility index (Phi) is 6.19. The van der Waals surface area contributed by atoms with E-state index in [0.29, 0.717) is 16.1 Å². The lowest BCUT2D eigenvalue weighted by molar-refractivity contribution is -0.0500. The summed E-state index contributed by atoms with van der Waals surface area (Å²) in [6.07, 6.45) is 0. The van der Waals surface area contributed by atoms with Crippen LogP contribution in [0.3, 0.4) is 0 Å². The molecule has 0 aliphatic rings. The Hall–Kier alpha value is -2.84. The summed E-state index contributed by atoms with van der Waals surface area (Å²) in [5.74, 6) is -1.60. The average molecular weight is 455 g/mol. The molecule has 0 aromatic heterocycles. The van der Waals surface area contributed by atoms with Crippen molar-refractivity contribution < 1.29 is 30.6 Å². The third-order valence-corrected chi connectivity index (χ3v) is 5.42. The molecule has 1 unspecified atom stereocenters. The van der Waals surface area contributed by atoms with Gasteiger partial charge >= 0.3 is 15.6 Å². The molecule has 0 saturated carbocycles. The van der Waals surface area contributed by atoms with E-state index in [4.69, 9.17) is 11.6 Å². The number of rotatable bonds is 6. The van der Waals surface area contributed by atoms with E-state index in [9.17, 15) is 26.4 Å². The van der Waals surface area contributed by atoms with Crippen molar-refractivity contribution in [2.24, 2.45) is 0 Å². The lowest BCUT2D eigenvalue weighted by Crippen LogP contribution is -2.28. The number of Topliss-reactive ketones (excluding diaryl/α,β-unsaturated/α-hetero) is 1. The van der Waals surface area contributed by atoms with Crippen LogP contribution in [0.25, 0.3) is 0 Å². The maximum atomic E-state index is 13.2. The van der Waals surface area contributed by atoms with Crippen LogP contribution >= 0.6 is 11.6 Å². The van der Waals surface area contributed by atoms with Gasteiger partial charge in [-0.05, 0) is 47.5 Å². The standard InChI is InChI=1S/C21H14ClF3O4S/c22-17-8-4-7-16(13-17)19(14-5-2-1-3-6-14)20(26)15-9-11-18(12-10-15)29-30(27,28)21(23,24)25/h1-13,19H. The molecule has 0 fully saturated rings. The molecule has 0 heterocycles. The SMILES string of the molecule is O=C(c1ccc(OS(=O)(=O)C(F)(F)F)cc1)C(c1ccccc1)c1cccc(Cl)c1.